The van der Waals surface area contributed by atoms with E-state index in [0.717, 1.165) is 27.8 Å². The lowest BCUT2D eigenvalue weighted by Gasteiger charge is -2.14. The van der Waals surface area contributed by atoms with Crippen molar-refractivity contribution in [3.63, 3.8) is 0 Å². The summed E-state index contributed by atoms with van der Waals surface area (Å²) in [6.07, 6.45) is 0.422. The molecule has 10 heteroatoms. The molecule has 2 aromatic carbocycles. The first-order valence-corrected chi connectivity index (χ1v) is 11.1. The Morgan fingerprint density at radius 3 is 2.53 bits per heavy atom. The number of benzene rings is 2. The second-order valence-electron chi connectivity index (χ2n) is 7.64. The number of rotatable bonds is 8. The van der Waals surface area contributed by atoms with E-state index in [4.69, 9.17) is 14.6 Å². The minimum atomic E-state index is -1.12. The molecule has 1 heterocycles. The predicted octanol–water partition coefficient (Wildman–Crippen LogP) is 3.84. The van der Waals surface area contributed by atoms with Gasteiger partial charge in [-0.25, -0.2) is 4.79 Å². The van der Waals surface area contributed by atoms with E-state index in [2.05, 4.69) is 5.32 Å². The Bertz CT molecular complexity index is 1190. The summed E-state index contributed by atoms with van der Waals surface area (Å²) in [4.78, 5) is 49.7. The van der Waals surface area contributed by atoms with Crippen molar-refractivity contribution in [2.45, 2.75) is 26.9 Å². The van der Waals surface area contributed by atoms with Gasteiger partial charge >= 0.3 is 5.97 Å². The molecule has 1 aliphatic rings. The third-order valence-corrected chi connectivity index (χ3v) is 5.88. The van der Waals surface area contributed by atoms with Gasteiger partial charge in [0.1, 0.15) is 6.54 Å². The van der Waals surface area contributed by atoms with Crippen LogP contribution in [-0.4, -0.2) is 52.8 Å². The van der Waals surface area contributed by atoms with E-state index in [1.807, 2.05) is 26.0 Å². The van der Waals surface area contributed by atoms with Crippen LogP contribution in [0.15, 0.2) is 41.3 Å². The van der Waals surface area contributed by atoms with Crippen LogP contribution in [0.1, 0.15) is 23.6 Å². The zero-order valence-corrected chi connectivity index (χ0v) is 19.9. The number of nitrogens with zero attached hydrogens (tertiary/aromatic N) is 1. The summed E-state index contributed by atoms with van der Waals surface area (Å²) in [6.45, 7) is 4.79. The first-order chi connectivity index (χ1) is 16.1. The van der Waals surface area contributed by atoms with E-state index < -0.39 is 35.7 Å². The fourth-order valence-electron chi connectivity index (χ4n) is 3.19. The van der Waals surface area contributed by atoms with Crippen LogP contribution in [0.2, 0.25) is 0 Å². The molecule has 0 aromatic heterocycles. The molecule has 3 rings (SSSR count). The van der Waals surface area contributed by atoms with Crippen molar-refractivity contribution < 1.29 is 33.8 Å². The summed E-state index contributed by atoms with van der Waals surface area (Å²) in [6, 6.07) is 10.2. The average Bonchev–Trinajstić information content (AvgIpc) is 3.03. The Morgan fingerprint density at radius 2 is 1.88 bits per heavy atom. The average molecular weight is 485 g/mol. The zero-order valence-electron chi connectivity index (χ0n) is 19.1. The number of amides is 3. The van der Waals surface area contributed by atoms with Crippen molar-refractivity contribution in [2.75, 3.05) is 19.0 Å². The molecule has 0 bridgehead atoms. The van der Waals surface area contributed by atoms with Crippen LogP contribution >= 0.6 is 11.8 Å². The summed E-state index contributed by atoms with van der Waals surface area (Å²) >= 11 is 0.731. The van der Waals surface area contributed by atoms with Crippen LogP contribution in [0.5, 0.6) is 11.5 Å². The first-order valence-electron chi connectivity index (χ1n) is 10.3. The Labute approximate surface area is 200 Å². The maximum absolute atomic E-state index is 12.8. The molecule has 1 atom stereocenters. The number of carboxylic acids is 1. The molecular weight excluding hydrogens is 460 g/mol. The van der Waals surface area contributed by atoms with Gasteiger partial charge in [-0.2, -0.15) is 0 Å². The van der Waals surface area contributed by atoms with E-state index in [0.29, 0.717) is 11.3 Å². The highest BCUT2D eigenvalue weighted by Gasteiger charge is 2.36. The van der Waals surface area contributed by atoms with Gasteiger partial charge in [0, 0.05) is 5.69 Å². The van der Waals surface area contributed by atoms with Gasteiger partial charge in [-0.3, -0.25) is 19.3 Å². The van der Waals surface area contributed by atoms with Crippen LogP contribution in [0.4, 0.5) is 10.5 Å². The Kier molecular flexibility index (Phi) is 7.62. The molecule has 1 saturated heterocycles. The molecule has 0 aliphatic carbocycles. The quantitative estimate of drug-likeness (QED) is 0.542. The van der Waals surface area contributed by atoms with Gasteiger partial charge in [0.15, 0.2) is 17.6 Å². The number of thioether (sulfide) groups is 1. The molecule has 3 amide bonds. The van der Waals surface area contributed by atoms with Crippen LogP contribution in [-0.2, 0) is 14.4 Å². The maximum atomic E-state index is 12.8. The van der Waals surface area contributed by atoms with Gasteiger partial charge in [0.25, 0.3) is 11.1 Å². The largest absolute Gasteiger partial charge is 0.493 e. The number of hydrogen-bond acceptors (Lipinski definition) is 7. The van der Waals surface area contributed by atoms with Crippen molar-refractivity contribution in [3.8, 4) is 11.5 Å². The monoisotopic (exact) mass is 484 g/mol. The third-order valence-electron chi connectivity index (χ3n) is 4.97. The lowest BCUT2D eigenvalue weighted by molar-refractivity contribution is -0.144. The summed E-state index contributed by atoms with van der Waals surface area (Å²) in [5.41, 5.74) is 3.09. The molecule has 178 valence electrons. The number of anilines is 1. The molecule has 1 fully saturated rings. The number of imide groups is 1. The third kappa shape index (κ3) is 5.76. The van der Waals surface area contributed by atoms with Crippen LogP contribution in [0, 0.1) is 13.8 Å². The number of nitrogens with one attached hydrogen (secondary N) is 1. The summed E-state index contributed by atoms with van der Waals surface area (Å²) < 4.78 is 10.6. The van der Waals surface area contributed by atoms with Crippen LogP contribution in [0.3, 0.4) is 0 Å². The van der Waals surface area contributed by atoms with Crippen molar-refractivity contribution in [1.29, 1.82) is 0 Å². The number of aliphatic carboxylic acids is 1. The summed E-state index contributed by atoms with van der Waals surface area (Å²) in [5, 5.41) is 11.2. The Hall–Kier alpha value is -3.79. The van der Waals surface area contributed by atoms with Gasteiger partial charge in [0.05, 0.1) is 12.0 Å². The van der Waals surface area contributed by atoms with Gasteiger partial charge in [0.2, 0.25) is 5.91 Å². The van der Waals surface area contributed by atoms with Crippen LogP contribution in [0.25, 0.3) is 6.08 Å². The van der Waals surface area contributed by atoms with E-state index >= 15 is 0 Å². The molecule has 2 aromatic rings. The number of carboxylic acid groups (broad SMARTS) is 1. The maximum Gasteiger partial charge on any atom is 0.344 e. The molecule has 34 heavy (non-hydrogen) atoms. The molecule has 2 N–H and O–H groups in total. The minimum absolute atomic E-state index is 0.152. The number of carbonyl (C=O) groups is 4. The van der Waals surface area contributed by atoms with Crippen molar-refractivity contribution in [3.05, 3.63) is 58.0 Å². The van der Waals surface area contributed by atoms with Crippen molar-refractivity contribution in [1.82, 2.24) is 4.90 Å². The van der Waals surface area contributed by atoms with Crippen molar-refractivity contribution in [2.24, 2.45) is 0 Å². The molecule has 9 nitrogen and oxygen atoms in total. The molecule has 1 unspecified atom stereocenters. The highest BCUT2D eigenvalue weighted by atomic mass is 32.2. The van der Waals surface area contributed by atoms with E-state index in [1.54, 1.807) is 18.2 Å². The second kappa shape index (κ2) is 10.4. The fraction of sp³-hybridized carbons (Fsp3) is 0.250. The van der Waals surface area contributed by atoms with E-state index in [1.165, 1.54) is 26.2 Å². The number of methoxy groups -OCH3 is 1. The van der Waals surface area contributed by atoms with E-state index in [-0.39, 0.29) is 16.4 Å². The predicted molar refractivity (Wildman–Crippen MR) is 128 cm³/mol. The van der Waals surface area contributed by atoms with Gasteiger partial charge in [-0.1, -0.05) is 23.8 Å². The number of carbonyl (C=O) groups excluding carboxylic acids is 3. The SMILES string of the molecule is COc1cc(/C=C2/SC(=O)N(CC(=O)Nc3ccc(C)cc3C)C2=O)ccc1OC(C)C(=O)O. The lowest BCUT2D eigenvalue weighted by Crippen LogP contribution is -2.36. The van der Waals surface area contributed by atoms with Crippen molar-refractivity contribution >= 4 is 46.5 Å². The standard InChI is InChI=1S/C24H24N2O7S/c1-13-5-7-17(14(2)9-13)25-21(27)12-26-22(28)20(34-24(26)31)11-16-6-8-18(19(10-16)32-4)33-15(3)23(29)30/h5-11,15H,12H2,1-4H3,(H,25,27)(H,29,30)/b20-11+. The highest BCUT2D eigenvalue weighted by Crippen LogP contribution is 2.35. The first kappa shape index (κ1) is 24.8. The fourth-order valence-corrected chi connectivity index (χ4v) is 4.03. The minimum Gasteiger partial charge on any atom is -0.493 e. The lowest BCUT2D eigenvalue weighted by atomic mass is 10.1. The highest BCUT2D eigenvalue weighted by molar-refractivity contribution is 8.18. The number of ether oxygens (including phenoxy) is 2. The Morgan fingerprint density at radius 1 is 1.15 bits per heavy atom. The number of aryl methyl sites for hydroxylation is 2. The van der Waals surface area contributed by atoms with Crippen LogP contribution < -0.4 is 14.8 Å². The smallest absolute Gasteiger partial charge is 0.344 e. The topological polar surface area (TPSA) is 122 Å². The molecular formula is C24H24N2O7S. The number of hydrogen-bond donors (Lipinski definition) is 2. The van der Waals surface area contributed by atoms with Gasteiger partial charge < -0.3 is 19.9 Å². The zero-order chi connectivity index (χ0) is 25.0. The molecule has 0 radical (unpaired) electrons. The Balaban J connectivity index is 1.72. The molecule has 0 saturated carbocycles. The summed E-state index contributed by atoms with van der Waals surface area (Å²) in [5.74, 6) is -1.68. The van der Waals surface area contributed by atoms with E-state index in [9.17, 15) is 19.2 Å². The van der Waals surface area contributed by atoms with Gasteiger partial charge in [-0.05, 0) is 67.9 Å². The normalized spacial score (nSPS) is 15.4. The molecule has 0 spiro atoms. The molecule has 1 aliphatic heterocycles. The second-order valence-corrected chi connectivity index (χ2v) is 8.64. The summed E-state index contributed by atoms with van der Waals surface area (Å²) in [7, 11) is 1.40. The van der Waals surface area contributed by atoms with Gasteiger partial charge in [-0.15, -0.1) is 0 Å².